The third-order valence-corrected chi connectivity index (χ3v) is 14.9. The lowest BCUT2D eigenvalue weighted by molar-refractivity contribution is 0.593. The van der Waals surface area contributed by atoms with Crippen LogP contribution >= 0.6 is 0 Å². The van der Waals surface area contributed by atoms with Crippen molar-refractivity contribution >= 4 is 21.9 Å². The highest BCUT2D eigenvalue weighted by Gasteiger charge is 2.29. The minimum Gasteiger partial charge on any atom is -0.455 e. The van der Waals surface area contributed by atoms with Gasteiger partial charge in [-0.3, -0.25) is 9.97 Å². The van der Waals surface area contributed by atoms with Crippen LogP contribution in [0.2, 0.25) is 0 Å². The Balaban J connectivity index is 0.960. The molecule has 71 heavy (non-hydrogen) atoms. The van der Waals surface area contributed by atoms with Gasteiger partial charge in [-0.15, -0.1) is 0 Å². The second-order valence-corrected chi connectivity index (χ2v) is 20.0. The van der Waals surface area contributed by atoms with E-state index in [9.17, 15) is 0 Å². The van der Waals surface area contributed by atoms with Gasteiger partial charge in [-0.2, -0.15) is 0 Å². The molecule has 9 aromatic carbocycles. The first-order chi connectivity index (χ1) is 34.9. The molecule has 0 saturated carbocycles. The molecule has 0 N–H and O–H groups in total. The fourth-order valence-corrected chi connectivity index (χ4v) is 11.8. The quantitative estimate of drug-likeness (QED) is 0.177. The smallest absolute Gasteiger partial charge is 0.143 e. The summed E-state index contributed by atoms with van der Waals surface area (Å²) in [6.07, 6.45) is 3.76. The zero-order valence-electron chi connectivity index (χ0n) is 39.7. The zero-order valence-corrected chi connectivity index (χ0v) is 39.7. The van der Waals surface area contributed by atoms with Crippen molar-refractivity contribution in [3.8, 4) is 123 Å². The number of pyridine rings is 2. The number of furan rings is 1. The molecular weight excluding hydrogens is 861 g/mol. The van der Waals surface area contributed by atoms with Gasteiger partial charge in [0.2, 0.25) is 0 Å². The molecule has 12 aromatic rings. The largest absolute Gasteiger partial charge is 0.455 e. The Morgan fingerprint density at radius 3 is 1.17 bits per heavy atom. The molecule has 0 radical (unpaired) electrons. The topological polar surface area (TPSA) is 38.9 Å². The van der Waals surface area contributed by atoms with E-state index < -0.39 is 0 Å². The van der Waals surface area contributed by atoms with Crippen LogP contribution in [0.5, 0.6) is 0 Å². The van der Waals surface area contributed by atoms with Gasteiger partial charge in [-0.25, -0.2) is 0 Å². The molecule has 0 bridgehead atoms. The highest BCUT2D eigenvalue weighted by Crippen LogP contribution is 2.52. The normalized spacial score (nSPS) is 12.2. The summed E-state index contributed by atoms with van der Waals surface area (Å²) in [4.78, 5) is 9.96. The lowest BCUT2D eigenvalue weighted by Gasteiger charge is -2.29. The first kappa shape index (κ1) is 41.1. The summed E-state index contributed by atoms with van der Waals surface area (Å²) >= 11 is 0. The fraction of sp³-hybridized carbons (Fsp3) is 0.0588. The van der Waals surface area contributed by atoms with Crippen LogP contribution in [0.25, 0.3) is 145 Å². The molecule has 0 unspecified atom stereocenters. The predicted octanol–water partition coefficient (Wildman–Crippen LogP) is 18.6. The lowest BCUT2D eigenvalue weighted by atomic mass is 9.75. The summed E-state index contributed by atoms with van der Waals surface area (Å²) in [5.41, 5.74) is 28.2. The van der Waals surface area contributed by atoms with Crippen molar-refractivity contribution in [2.75, 3.05) is 0 Å². The van der Waals surface area contributed by atoms with E-state index >= 15 is 0 Å². The third-order valence-electron chi connectivity index (χ3n) is 14.9. The summed E-state index contributed by atoms with van der Waals surface area (Å²) in [7, 11) is 0. The molecule has 3 heteroatoms. The minimum atomic E-state index is -0.210. The van der Waals surface area contributed by atoms with E-state index in [-0.39, 0.29) is 5.41 Å². The van der Waals surface area contributed by atoms with E-state index in [4.69, 9.17) is 14.4 Å². The van der Waals surface area contributed by atoms with Crippen LogP contribution in [-0.4, -0.2) is 9.97 Å². The number of para-hydroxylation sites is 2. The molecule has 334 valence electrons. The second-order valence-electron chi connectivity index (χ2n) is 20.0. The summed E-state index contributed by atoms with van der Waals surface area (Å²) in [5, 5.41) is 2.26. The van der Waals surface area contributed by atoms with Crippen LogP contribution in [0, 0.1) is 0 Å². The Bertz CT molecular complexity index is 4160. The van der Waals surface area contributed by atoms with Crippen molar-refractivity contribution in [1.82, 2.24) is 9.97 Å². The van der Waals surface area contributed by atoms with Gasteiger partial charge >= 0.3 is 0 Å². The average molecular weight is 907 g/mol. The second kappa shape index (κ2) is 15.8. The van der Waals surface area contributed by atoms with E-state index in [2.05, 4.69) is 215 Å². The van der Waals surface area contributed by atoms with Crippen LogP contribution in [-0.2, 0) is 5.41 Å². The van der Waals surface area contributed by atoms with Crippen molar-refractivity contribution in [2.45, 2.75) is 26.2 Å². The number of benzene rings is 9. The van der Waals surface area contributed by atoms with Gasteiger partial charge in [0.15, 0.2) is 0 Å². The van der Waals surface area contributed by atoms with E-state index in [0.29, 0.717) is 0 Å². The number of hydrogen-bond donors (Lipinski definition) is 0. The van der Waals surface area contributed by atoms with Gasteiger partial charge in [0.05, 0.1) is 11.4 Å². The lowest BCUT2D eigenvalue weighted by Crippen LogP contribution is -2.15. The summed E-state index contributed by atoms with van der Waals surface area (Å²) in [6.45, 7) is 7.04. The van der Waals surface area contributed by atoms with Gasteiger partial charge in [0, 0.05) is 39.9 Å². The Hall–Kier alpha value is -8.92. The minimum absolute atomic E-state index is 0.210. The molecule has 14 rings (SSSR count). The van der Waals surface area contributed by atoms with Crippen molar-refractivity contribution in [3.63, 3.8) is 0 Å². The summed E-state index contributed by atoms with van der Waals surface area (Å²) in [6, 6.07) is 77.9. The van der Waals surface area contributed by atoms with Gasteiger partial charge in [-0.05, 0) is 142 Å². The predicted molar refractivity (Wildman–Crippen MR) is 295 cm³/mol. The van der Waals surface area contributed by atoms with E-state index in [1.807, 2.05) is 30.6 Å². The van der Waals surface area contributed by atoms with Crippen molar-refractivity contribution in [3.05, 3.63) is 230 Å². The molecule has 2 aliphatic carbocycles. The average Bonchev–Trinajstić information content (AvgIpc) is 3.81. The Morgan fingerprint density at radius 2 is 0.648 bits per heavy atom. The molecule has 0 spiro atoms. The number of rotatable bonds is 3. The van der Waals surface area contributed by atoms with Crippen LogP contribution < -0.4 is 0 Å². The van der Waals surface area contributed by atoms with E-state index in [1.54, 1.807) is 0 Å². The van der Waals surface area contributed by atoms with Crippen LogP contribution in [0.15, 0.2) is 229 Å². The fourth-order valence-electron chi connectivity index (χ4n) is 11.8. The SMILES string of the molecule is CC(C)(C)c1c(-c2ccc3c(c2)-c2ccccc2-c2ccccc2-c2cc(-c4cccc5c4oc4ccccc45)ccc2-3)cccc1-c1ccc2c(c1)-c1cccnc1-c1ncccc1-c1ccccc1-2. The highest BCUT2D eigenvalue weighted by atomic mass is 16.3. The number of aromatic nitrogens is 2. The molecule has 0 saturated heterocycles. The molecule has 0 aliphatic heterocycles. The van der Waals surface area contributed by atoms with Gasteiger partial charge in [0.25, 0.3) is 0 Å². The molecule has 3 aromatic heterocycles. The van der Waals surface area contributed by atoms with Gasteiger partial charge < -0.3 is 4.42 Å². The summed E-state index contributed by atoms with van der Waals surface area (Å²) < 4.78 is 6.59. The van der Waals surface area contributed by atoms with Gasteiger partial charge in [-0.1, -0.05) is 197 Å². The number of hydrogen-bond acceptors (Lipinski definition) is 3. The molecule has 0 atom stereocenters. The van der Waals surface area contributed by atoms with E-state index in [1.165, 1.54) is 83.5 Å². The Morgan fingerprint density at radius 1 is 0.296 bits per heavy atom. The number of nitrogens with zero attached hydrogens (tertiary/aromatic N) is 2. The Labute approximate surface area is 413 Å². The maximum Gasteiger partial charge on any atom is 0.143 e. The molecule has 0 fully saturated rings. The summed E-state index contributed by atoms with van der Waals surface area (Å²) in [5.74, 6) is 0. The zero-order chi connectivity index (χ0) is 47.4. The molecule has 3 nitrogen and oxygen atoms in total. The Kier molecular flexibility index (Phi) is 9.15. The highest BCUT2D eigenvalue weighted by molar-refractivity contribution is 6.11. The van der Waals surface area contributed by atoms with Gasteiger partial charge in [0.1, 0.15) is 11.2 Å². The molecular formula is C68H46N2O. The van der Waals surface area contributed by atoms with E-state index in [0.717, 1.165) is 66.7 Å². The molecule has 0 amide bonds. The maximum atomic E-state index is 6.59. The van der Waals surface area contributed by atoms with Crippen molar-refractivity contribution in [2.24, 2.45) is 0 Å². The van der Waals surface area contributed by atoms with Crippen LogP contribution in [0.3, 0.4) is 0 Å². The van der Waals surface area contributed by atoms with Crippen LogP contribution in [0.1, 0.15) is 26.3 Å². The first-order valence-corrected chi connectivity index (χ1v) is 24.5. The van der Waals surface area contributed by atoms with Crippen molar-refractivity contribution in [1.29, 1.82) is 0 Å². The first-order valence-electron chi connectivity index (χ1n) is 24.5. The monoisotopic (exact) mass is 906 g/mol. The third kappa shape index (κ3) is 6.43. The van der Waals surface area contributed by atoms with Crippen LogP contribution in [0.4, 0.5) is 0 Å². The molecule has 2 aliphatic rings. The number of fused-ring (bicyclic) bond motifs is 19. The van der Waals surface area contributed by atoms with Crippen molar-refractivity contribution < 1.29 is 4.42 Å². The standard InChI is InChI=1S/C68H46N2O/c1-68(2,3)64-44(23-12-24-45(64)42-30-33-53-49-18-4-7-19-50(49)57-27-14-36-69-65(57)66-58(62(53)39-42)28-15-37-70-66)41-31-34-54-55-35-32-43(46-25-13-26-59-56-22-10-11-29-63(56)71-67(46)59)40-61(55)52-21-9-6-17-48(52)47-16-5-8-20-51(47)60(54)38-41/h4-40H,1-3H3. The maximum absolute atomic E-state index is 6.59. The molecule has 3 heterocycles.